The maximum atomic E-state index is 12.1. The Morgan fingerprint density at radius 1 is 1.43 bits per heavy atom. The van der Waals surface area contributed by atoms with Gasteiger partial charge in [0.15, 0.2) is 14.5 Å². The molecule has 1 aliphatic carbocycles. The summed E-state index contributed by atoms with van der Waals surface area (Å²) in [6, 6.07) is 2.77. The summed E-state index contributed by atoms with van der Waals surface area (Å²) in [7, 11) is -2.03. The van der Waals surface area contributed by atoms with E-state index in [0.717, 1.165) is 17.6 Å². The Kier molecular flexibility index (Phi) is 3.66. The van der Waals surface area contributed by atoms with Crippen LogP contribution in [0.2, 0.25) is 18.1 Å². The molecule has 0 bridgehead atoms. The summed E-state index contributed by atoms with van der Waals surface area (Å²) in [5.74, 6) is -1.03. The summed E-state index contributed by atoms with van der Waals surface area (Å²) in [5, 5.41) is 21.2. The first kappa shape index (κ1) is 16.0. The monoisotopic (exact) mass is 309 g/mol. The predicted molar refractivity (Wildman–Crippen MR) is 81.6 cm³/mol. The van der Waals surface area contributed by atoms with Gasteiger partial charge in [0, 0.05) is 12.1 Å². The first-order chi connectivity index (χ1) is 9.48. The molecule has 1 aromatic rings. The van der Waals surface area contributed by atoms with Crippen molar-refractivity contribution < 1.29 is 19.1 Å². The Labute approximate surface area is 126 Å². The number of hydrogen-bond donors (Lipinski definition) is 1. The lowest BCUT2D eigenvalue weighted by Crippen LogP contribution is -2.47. The van der Waals surface area contributed by atoms with Crippen LogP contribution in [0.4, 0.5) is 0 Å². The summed E-state index contributed by atoms with van der Waals surface area (Å²) in [6.07, 6.45) is 2.80. The average Bonchev–Trinajstić information content (AvgIpc) is 3.07. The molecule has 0 amide bonds. The van der Waals surface area contributed by atoms with E-state index >= 15 is 0 Å². The standard InChI is InChI=1S/C15H23NO4Si/c1-14(2,3)21(4,5)20-15(7-8-15)12-10-11(13(17)18)6-9-16(12)19/h6,9-10H,7-8H2,1-5H3,(H,17,18). The third kappa shape index (κ3) is 2.96. The van der Waals surface area contributed by atoms with E-state index in [1.165, 1.54) is 18.3 Å². The number of aromatic nitrogens is 1. The summed E-state index contributed by atoms with van der Waals surface area (Å²) < 4.78 is 7.17. The van der Waals surface area contributed by atoms with Gasteiger partial charge in [-0.15, -0.1) is 0 Å². The van der Waals surface area contributed by atoms with Crippen LogP contribution >= 0.6 is 0 Å². The lowest BCUT2D eigenvalue weighted by molar-refractivity contribution is -0.619. The van der Waals surface area contributed by atoms with E-state index in [2.05, 4.69) is 33.9 Å². The maximum Gasteiger partial charge on any atom is 0.336 e. The van der Waals surface area contributed by atoms with Gasteiger partial charge in [-0.3, -0.25) is 0 Å². The van der Waals surface area contributed by atoms with E-state index in [0.29, 0.717) is 5.69 Å². The molecular formula is C15H23NO4Si. The second-order valence-electron chi connectivity index (χ2n) is 7.29. The third-order valence-electron chi connectivity index (χ3n) is 4.59. The molecule has 21 heavy (non-hydrogen) atoms. The summed E-state index contributed by atoms with van der Waals surface area (Å²) >= 11 is 0. The number of carbonyl (C=O) groups is 1. The van der Waals surface area contributed by atoms with Crippen molar-refractivity contribution in [3.63, 3.8) is 0 Å². The molecule has 0 radical (unpaired) electrons. The number of pyridine rings is 1. The van der Waals surface area contributed by atoms with Gasteiger partial charge in [0.2, 0.25) is 5.69 Å². The van der Waals surface area contributed by atoms with Crippen LogP contribution in [0.3, 0.4) is 0 Å². The topological polar surface area (TPSA) is 73.5 Å². The second kappa shape index (κ2) is 4.81. The molecule has 116 valence electrons. The van der Waals surface area contributed by atoms with E-state index in [9.17, 15) is 10.0 Å². The van der Waals surface area contributed by atoms with Crippen molar-refractivity contribution in [2.24, 2.45) is 0 Å². The Morgan fingerprint density at radius 3 is 2.43 bits per heavy atom. The van der Waals surface area contributed by atoms with Crippen molar-refractivity contribution in [2.75, 3.05) is 0 Å². The molecule has 1 saturated carbocycles. The van der Waals surface area contributed by atoms with Crippen molar-refractivity contribution in [1.29, 1.82) is 0 Å². The summed E-state index contributed by atoms with van der Waals surface area (Å²) in [4.78, 5) is 11.1. The van der Waals surface area contributed by atoms with Crippen LogP contribution in [0.25, 0.3) is 0 Å². The second-order valence-corrected chi connectivity index (χ2v) is 12.0. The zero-order valence-corrected chi connectivity index (χ0v) is 14.3. The molecule has 1 aliphatic rings. The van der Waals surface area contributed by atoms with Gasteiger partial charge in [-0.2, -0.15) is 4.73 Å². The quantitative estimate of drug-likeness (QED) is 0.527. The Balaban J connectivity index is 2.38. The van der Waals surface area contributed by atoms with Crippen LogP contribution in [0.15, 0.2) is 18.3 Å². The molecule has 1 heterocycles. The van der Waals surface area contributed by atoms with E-state index in [-0.39, 0.29) is 10.6 Å². The average molecular weight is 309 g/mol. The zero-order chi connectivity index (χ0) is 16.1. The molecule has 2 rings (SSSR count). The largest absolute Gasteiger partial charge is 0.618 e. The van der Waals surface area contributed by atoms with Crippen molar-refractivity contribution >= 4 is 14.3 Å². The van der Waals surface area contributed by atoms with Crippen molar-refractivity contribution in [2.45, 2.75) is 57.3 Å². The van der Waals surface area contributed by atoms with Gasteiger partial charge < -0.3 is 14.7 Å². The summed E-state index contributed by atoms with van der Waals surface area (Å²) in [5.41, 5.74) is -0.0506. The number of aromatic carboxylic acids is 1. The SMILES string of the molecule is CC(C)(C)[Si](C)(C)OC1(c2cc(C(=O)O)cc[n+]2[O-])CC1. The number of hydrogen-bond acceptors (Lipinski definition) is 3. The summed E-state index contributed by atoms with van der Waals surface area (Å²) in [6.45, 7) is 10.7. The van der Waals surface area contributed by atoms with Gasteiger partial charge >= 0.3 is 5.97 Å². The van der Waals surface area contributed by atoms with Gasteiger partial charge in [0.1, 0.15) is 5.60 Å². The smallest absolute Gasteiger partial charge is 0.336 e. The lowest BCUT2D eigenvalue weighted by atomic mass is 10.1. The van der Waals surface area contributed by atoms with Crippen LogP contribution in [-0.2, 0) is 10.0 Å². The van der Waals surface area contributed by atoms with Crippen LogP contribution in [0, 0.1) is 5.21 Å². The molecule has 0 aliphatic heterocycles. The molecule has 0 aromatic carbocycles. The van der Waals surface area contributed by atoms with Gasteiger partial charge in [0.05, 0.1) is 5.56 Å². The first-order valence-electron chi connectivity index (χ1n) is 7.16. The van der Waals surface area contributed by atoms with Crippen LogP contribution in [0.5, 0.6) is 0 Å². The molecule has 5 nitrogen and oxygen atoms in total. The van der Waals surface area contributed by atoms with E-state index in [1.807, 2.05) is 0 Å². The number of nitrogens with zero attached hydrogens (tertiary/aromatic N) is 1. The normalized spacial score (nSPS) is 17.6. The Hall–Kier alpha value is -1.40. The highest BCUT2D eigenvalue weighted by Gasteiger charge is 2.56. The number of rotatable bonds is 4. The highest BCUT2D eigenvalue weighted by molar-refractivity contribution is 6.74. The van der Waals surface area contributed by atoms with Crippen molar-refractivity contribution in [3.05, 3.63) is 34.8 Å². The minimum atomic E-state index is -2.03. The molecule has 6 heteroatoms. The van der Waals surface area contributed by atoms with E-state index in [4.69, 9.17) is 9.53 Å². The van der Waals surface area contributed by atoms with Gasteiger partial charge in [-0.05, 0) is 31.0 Å². The maximum absolute atomic E-state index is 12.1. The third-order valence-corrected chi connectivity index (χ3v) is 9.11. The predicted octanol–water partition coefficient (Wildman–Crippen LogP) is 3.03. The van der Waals surface area contributed by atoms with Crippen LogP contribution in [-0.4, -0.2) is 19.4 Å². The molecule has 1 fully saturated rings. The van der Waals surface area contributed by atoms with Crippen LogP contribution in [0.1, 0.15) is 49.7 Å². The lowest BCUT2D eigenvalue weighted by Gasteiger charge is -2.39. The highest BCUT2D eigenvalue weighted by atomic mass is 28.4. The van der Waals surface area contributed by atoms with Gasteiger partial charge in [-0.25, -0.2) is 4.79 Å². The molecule has 1 aromatic heterocycles. The highest BCUT2D eigenvalue weighted by Crippen LogP contribution is 2.53. The van der Waals surface area contributed by atoms with E-state index in [1.54, 1.807) is 0 Å². The zero-order valence-electron chi connectivity index (χ0n) is 13.3. The van der Waals surface area contributed by atoms with E-state index < -0.39 is 19.9 Å². The molecule has 0 unspecified atom stereocenters. The molecular weight excluding hydrogens is 286 g/mol. The fraction of sp³-hybridized carbons (Fsp3) is 0.600. The fourth-order valence-corrected chi connectivity index (χ4v) is 3.71. The molecule has 1 N–H and O–H groups in total. The Bertz CT molecular complexity index is 574. The number of carboxylic acid groups (broad SMARTS) is 1. The minimum Gasteiger partial charge on any atom is -0.618 e. The van der Waals surface area contributed by atoms with Gasteiger partial charge in [-0.1, -0.05) is 20.8 Å². The van der Waals surface area contributed by atoms with Crippen molar-refractivity contribution in [1.82, 2.24) is 0 Å². The minimum absolute atomic E-state index is 0.0424. The first-order valence-corrected chi connectivity index (χ1v) is 10.1. The Morgan fingerprint density at radius 2 is 2.00 bits per heavy atom. The van der Waals surface area contributed by atoms with Gasteiger partial charge in [0.25, 0.3) is 0 Å². The van der Waals surface area contributed by atoms with Crippen LogP contribution < -0.4 is 4.73 Å². The number of carboxylic acids is 1. The van der Waals surface area contributed by atoms with Crippen molar-refractivity contribution in [3.8, 4) is 0 Å². The molecule has 0 atom stereocenters. The fourth-order valence-electron chi connectivity index (χ4n) is 2.12. The molecule has 0 saturated heterocycles. The molecule has 0 spiro atoms.